The van der Waals surface area contributed by atoms with Crippen LogP contribution in [0.4, 0.5) is 0 Å². The lowest BCUT2D eigenvalue weighted by atomic mass is 10.2. The van der Waals surface area contributed by atoms with Gasteiger partial charge >= 0.3 is 0 Å². The first-order valence-electron chi connectivity index (χ1n) is 9.26. The number of benzene rings is 1. The van der Waals surface area contributed by atoms with E-state index in [0.717, 1.165) is 39.0 Å². The number of halogens is 1. The van der Waals surface area contributed by atoms with Gasteiger partial charge in [0.2, 0.25) is 0 Å². The summed E-state index contributed by atoms with van der Waals surface area (Å²) in [5, 5.41) is 11.0. The molecule has 0 saturated heterocycles. The van der Waals surface area contributed by atoms with Crippen LogP contribution in [0.2, 0.25) is 5.02 Å². The van der Waals surface area contributed by atoms with Crippen molar-refractivity contribution in [2.75, 3.05) is 14.2 Å². The third kappa shape index (κ3) is 9.85. The minimum atomic E-state index is 0.744. The number of allylic oxidation sites excluding steroid dienone is 2. The van der Waals surface area contributed by atoms with Crippen molar-refractivity contribution in [3.05, 3.63) is 64.2 Å². The maximum Gasteiger partial charge on any atom is 0.133 e. The van der Waals surface area contributed by atoms with E-state index in [9.17, 15) is 0 Å². The quantitative estimate of drug-likeness (QED) is 0.570. The molecule has 0 aliphatic carbocycles. The summed E-state index contributed by atoms with van der Waals surface area (Å²) in [6, 6.07) is 7.80. The van der Waals surface area contributed by atoms with Crippen molar-refractivity contribution in [1.29, 1.82) is 0 Å². The predicted molar refractivity (Wildman–Crippen MR) is 125 cm³/mol. The van der Waals surface area contributed by atoms with Crippen LogP contribution in [0.15, 0.2) is 69.1 Å². The molecule has 1 aromatic rings. The van der Waals surface area contributed by atoms with E-state index in [1.807, 2.05) is 51.1 Å². The van der Waals surface area contributed by atoms with E-state index >= 15 is 0 Å². The van der Waals surface area contributed by atoms with Gasteiger partial charge in [0.1, 0.15) is 5.84 Å². The fourth-order valence-corrected chi connectivity index (χ4v) is 3.03. The second-order valence-corrected chi connectivity index (χ2v) is 6.42. The van der Waals surface area contributed by atoms with Crippen LogP contribution in [0.5, 0.6) is 0 Å². The molecule has 5 heteroatoms. The Balaban J connectivity index is 0. The van der Waals surface area contributed by atoms with Crippen LogP contribution in [0.1, 0.15) is 47.5 Å². The Morgan fingerprint density at radius 1 is 1.15 bits per heavy atom. The number of rotatable bonds is 4. The molecule has 2 N–H and O–H groups in total. The van der Waals surface area contributed by atoms with Gasteiger partial charge in [0.25, 0.3) is 0 Å². The van der Waals surface area contributed by atoms with Crippen molar-refractivity contribution in [3.63, 3.8) is 0 Å². The molecule has 0 saturated carbocycles. The smallest absolute Gasteiger partial charge is 0.133 e. The third-order valence-corrected chi connectivity index (χ3v) is 4.65. The predicted octanol–water partition coefficient (Wildman–Crippen LogP) is 6.85. The molecule has 1 aliphatic rings. The number of aliphatic hydroxyl groups is 1. The van der Waals surface area contributed by atoms with Crippen LogP contribution in [0.25, 0.3) is 0 Å². The van der Waals surface area contributed by atoms with Gasteiger partial charge in [0.05, 0.1) is 5.70 Å². The lowest BCUT2D eigenvalue weighted by Gasteiger charge is -2.05. The minimum absolute atomic E-state index is 0.744. The van der Waals surface area contributed by atoms with Gasteiger partial charge in [-0.3, -0.25) is 4.99 Å². The Kier molecular flexibility index (Phi) is 18.4. The van der Waals surface area contributed by atoms with E-state index in [0.29, 0.717) is 0 Å². The summed E-state index contributed by atoms with van der Waals surface area (Å²) in [6.07, 6.45) is 6.52. The van der Waals surface area contributed by atoms with Gasteiger partial charge in [-0.05, 0) is 37.3 Å². The Hall–Kier alpha value is -1.49. The zero-order valence-electron chi connectivity index (χ0n) is 17.8. The highest BCUT2D eigenvalue weighted by Crippen LogP contribution is 2.37. The first kappa shape index (κ1) is 27.7. The average molecular weight is 411 g/mol. The molecule has 0 unspecified atom stereocenters. The van der Waals surface area contributed by atoms with Crippen LogP contribution >= 0.6 is 23.4 Å². The molecule has 0 spiro atoms. The summed E-state index contributed by atoms with van der Waals surface area (Å²) in [5.41, 5.74) is 2.10. The fourth-order valence-electron chi connectivity index (χ4n) is 1.82. The molecule has 1 aromatic carbocycles. The van der Waals surface area contributed by atoms with Crippen LogP contribution in [0.3, 0.4) is 0 Å². The third-order valence-electron chi connectivity index (χ3n) is 3.25. The molecule has 2 rings (SSSR count). The van der Waals surface area contributed by atoms with E-state index in [4.69, 9.17) is 16.7 Å². The Morgan fingerprint density at radius 3 is 2.04 bits per heavy atom. The Bertz CT molecular complexity index is 618. The van der Waals surface area contributed by atoms with E-state index in [1.165, 1.54) is 12.8 Å². The normalized spacial score (nSPS) is 15.0. The molecule has 3 nitrogen and oxygen atoms in total. The number of unbranched alkanes of at least 4 members (excludes halogenated alkanes) is 1. The van der Waals surface area contributed by atoms with Crippen LogP contribution in [0, 0.1) is 0 Å². The summed E-state index contributed by atoms with van der Waals surface area (Å²) in [6.45, 7) is 14.2. The average Bonchev–Trinajstić information content (AvgIpc) is 3.09. The van der Waals surface area contributed by atoms with E-state index in [2.05, 4.69) is 36.8 Å². The largest absolute Gasteiger partial charge is 0.400 e. The Morgan fingerprint density at radius 2 is 1.67 bits per heavy atom. The van der Waals surface area contributed by atoms with E-state index in [-0.39, 0.29) is 0 Å². The van der Waals surface area contributed by atoms with Crippen molar-refractivity contribution in [1.82, 2.24) is 5.32 Å². The maximum absolute atomic E-state index is 7.00. The van der Waals surface area contributed by atoms with Crippen LogP contribution in [-0.2, 0) is 0 Å². The summed E-state index contributed by atoms with van der Waals surface area (Å²) in [7, 11) is 2.78. The van der Waals surface area contributed by atoms with Gasteiger partial charge in [-0.2, -0.15) is 0 Å². The number of aliphatic hydroxyl groups excluding tert-OH is 1. The highest BCUT2D eigenvalue weighted by Gasteiger charge is 2.23. The van der Waals surface area contributed by atoms with Gasteiger partial charge < -0.3 is 10.4 Å². The molecule has 0 amide bonds. The van der Waals surface area contributed by atoms with Crippen LogP contribution in [-0.4, -0.2) is 25.1 Å². The molecule has 1 aliphatic heterocycles. The topological polar surface area (TPSA) is 44.6 Å². The highest BCUT2D eigenvalue weighted by atomic mass is 35.5. The molecule has 0 atom stereocenters. The van der Waals surface area contributed by atoms with Gasteiger partial charge in [-0.1, -0.05) is 76.6 Å². The van der Waals surface area contributed by atoms with Gasteiger partial charge in [0, 0.05) is 34.6 Å². The first-order valence-corrected chi connectivity index (χ1v) is 10.5. The standard InChI is InChI=1S/C15H15ClN2S.C4H10.C2H6.CH4O/c1-4-12-14(13(5-2)18-15(12)17-3)19-11-8-6-10(16)7-9-11;1-3-4-2;2*1-2/h4-9H,2H2,1,3H3,(H,17,18);3-4H2,1-2H3;1-2H3;2H,1H3/b12-4-;;;. The second-order valence-electron chi connectivity index (χ2n) is 4.90. The Labute approximate surface area is 175 Å². The molecule has 152 valence electrons. The summed E-state index contributed by atoms with van der Waals surface area (Å²) < 4.78 is 0. The molecule has 0 aromatic heterocycles. The zero-order chi connectivity index (χ0) is 21.2. The first-order chi connectivity index (χ1) is 13.1. The fraction of sp³-hybridized carbons (Fsp3) is 0.409. The summed E-state index contributed by atoms with van der Waals surface area (Å²) >= 11 is 7.59. The van der Waals surface area contributed by atoms with Crippen molar-refractivity contribution in [3.8, 4) is 0 Å². The second kappa shape index (κ2) is 17.9. The molecular weight excluding hydrogens is 376 g/mol. The number of nitrogens with one attached hydrogen (secondary N) is 1. The van der Waals surface area contributed by atoms with Crippen molar-refractivity contribution in [2.24, 2.45) is 4.99 Å². The molecule has 0 radical (unpaired) electrons. The zero-order valence-corrected chi connectivity index (χ0v) is 19.3. The molecule has 0 bridgehead atoms. The number of nitrogens with zero attached hydrogens (tertiary/aromatic N) is 1. The SMILES string of the molecule is C=CC1=C(Sc2ccc(Cl)cc2)/C(=C/C)C(=NC)N1.CC.CCCC.CO. The maximum atomic E-state index is 7.00. The van der Waals surface area contributed by atoms with E-state index in [1.54, 1.807) is 18.8 Å². The van der Waals surface area contributed by atoms with Gasteiger partial charge in [-0.25, -0.2) is 0 Å². The number of thioether (sulfide) groups is 1. The van der Waals surface area contributed by atoms with E-state index < -0.39 is 0 Å². The lowest BCUT2D eigenvalue weighted by molar-refractivity contribution is 0.399. The molecule has 27 heavy (non-hydrogen) atoms. The van der Waals surface area contributed by atoms with Gasteiger partial charge in [0.15, 0.2) is 0 Å². The molecule has 1 heterocycles. The number of amidine groups is 1. The highest BCUT2D eigenvalue weighted by molar-refractivity contribution is 8.03. The monoisotopic (exact) mass is 410 g/mol. The van der Waals surface area contributed by atoms with Crippen molar-refractivity contribution < 1.29 is 5.11 Å². The van der Waals surface area contributed by atoms with Crippen LogP contribution < -0.4 is 5.32 Å². The van der Waals surface area contributed by atoms with Crippen molar-refractivity contribution >= 4 is 29.2 Å². The van der Waals surface area contributed by atoms with Gasteiger partial charge in [-0.15, -0.1) is 0 Å². The number of hydrogen-bond acceptors (Lipinski definition) is 3. The lowest BCUT2D eigenvalue weighted by Crippen LogP contribution is -2.15. The molecular formula is C22H35ClN2OS. The molecule has 0 fully saturated rings. The minimum Gasteiger partial charge on any atom is -0.400 e. The number of aliphatic imine (C=N–C) groups is 1. The van der Waals surface area contributed by atoms with Crippen molar-refractivity contribution in [2.45, 2.75) is 52.4 Å². The summed E-state index contributed by atoms with van der Waals surface area (Å²) in [5.74, 6) is 0.883. The number of hydrogen-bond donors (Lipinski definition) is 2. The summed E-state index contributed by atoms with van der Waals surface area (Å²) in [4.78, 5) is 6.53.